The van der Waals surface area contributed by atoms with Crippen molar-refractivity contribution in [2.75, 3.05) is 7.11 Å². The number of aryl methyl sites for hydroxylation is 1. The van der Waals surface area contributed by atoms with Gasteiger partial charge in [-0.2, -0.15) is 0 Å². The minimum absolute atomic E-state index is 0.410. The largest absolute Gasteiger partial charge is 0.481 e. The fourth-order valence-electron chi connectivity index (χ4n) is 1.46. The summed E-state index contributed by atoms with van der Waals surface area (Å²) in [7, 11) is 1.57. The first-order valence-electron chi connectivity index (χ1n) is 5.38. The average molecular weight is 329 g/mol. The number of rotatable bonds is 3. The van der Waals surface area contributed by atoms with Gasteiger partial charge in [0.2, 0.25) is 5.88 Å². The topological polar surface area (TPSA) is 47.9 Å². The summed E-state index contributed by atoms with van der Waals surface area (Å²) in [5, 5.41) is 0.410. The molecule has 0 aliphatic carbocycles. The lowest BCUT2D eigenvalue weighted by Crippen LogP contribution is -1.98. The molecule has 2 heterocycles. The predicted octanol–water partition coefficient (Wildman–Crippen LogP) is 3.53. The van der Waals surface area contributed by atoms with Crippen LogP contribution in [0.15, 0.2) is 22.8 Å². The van der Waals surface area contributed by atoms with Gasteiger partial charge in [-0.25, -0.2) is 15.0 Å². The third-order valence-electron chi connectivity index (χ3n) is 2.42. The summed E-state index contributed by atoms with van der Waals surface area (Å²) in [5.41, 5.74) is 1.68. The summed E-state index contributed by atoms with van der Waals surface area (Å²) in [4.78, 5) is 12.8. The summed E-state index contributed by atoms with van der Waals surface area (Å²) in [6, 6.07) is 3.62. The molecule has 2 aromatic heterocycles. The van der Waals surface area contributed by atoms with E-state index in [2.05, 4.69) is 30.9 Å². The Bertz CT molecular complexity index is 560. The normalized spacial score (nSPS) is 10.4. The molecule has 2 rings (SSSR count). The molecular weight excluding hydrogens is 318 g/mol. The van der Waals surface area contributed by atoms with Crippen molar-refractivity contribution >= 4 is 27.5 Å². The minimum atomic E-state index is 0.410. The number of methoxy groups -OCH3 is 1. The molecule has 0 spiro atoms. The first-order chi connectivity index (χ1) is 8.65. The average Bonchev–Trinajstić information content (AvgIpc) is 2.42. The zero-order valence-electron chi connectivity index (χ0n) is 9.94. The number of ether oxygens (including phenoxy) is 1. The Morgan fingerprint density at radius 1 is 1.33 bits per heavy atom. The van der Waals surface area contributed by atoms with E-state index in [9.17, 15) is 0 Å². The highest BCUT2D eigenvalue weighted by Crippen LogP contribution is 2.27. The molecular formula is C12H11BrClN3O. The molecule has 0 saturated carbocycles. The van der Waals surface area contributed by atoms with Crippen molar-refractivity contribution in [1.82, 2.24) is 15.0 Å². The van der Waals surface area contributed by atoms with Crippen LogP contribution in [-0.4, -0.2) is 22.1 Å². The second kappa shape index (κ2) is 5.63. The molecule has 0 aliphatic rings. The Kier molecular flexibility index (Phi) is 4.14. The smallest absolute Gasteiger partial charge is 0.212 e. The van der Waals surface area contributed by atoms with Gasteiger partial charge in [0.1, 0.15) is 5.15 Å². The summed E-state index contributed by atoms with van der Waals surface area (Å²) < 4.78 is 5.75. The fraction of sp³-hybridized carbons (Fsp3) is 0.250. The maximum atomic E-state index is 6.06. The van der Waals surface area contributed by atoms with E-state index in [0.29, 0.717) is 16.9 Å². The molecule has 18 heavy (non-hydrogen) atoms. The molecule has 6 heteroatoms. The lowest BCUT2D eigenvalue weighted by Gasteiger charge is -2.06. The number of hydrogen-bond acceptors (Lipinski definition) is 4. The quantitative estimate of drug-likeness (QED) is 0.809. The molecule has 0 aromatic carbocycles. The van der Waals surface area contributed by atoms with Crippen LogP contribution in [0.2, 0.25) is 5.15 Å². The summed E-state index contributed by atoms with van der Waals surface area (Å²) >= 11 is 9.44. The van der Waals surface area contributed by atoms with Crippen LogP contribution in [0.25, 0.3) is 11.4 Å². The highest BCUT2D eigenvalue weighted by atomic mass is 79.9. The number of pyridine rings is 1. The van der Waals surface area contributed by atoms with E-state index in [-0.39, 0.29) is 0 Å². The van der Waals surface area contributed by atoms with Gasteiger partial charge in [-0.05, 0) is 28.4 Å². The molecule has 0 atom stereocenters. The fourth-order valence-corrected chi connectivity index (χ4v) is 2.11. The van der Waals surface area contributed by atoms with Gasteiger partial charge in [-0.15, -0.1) is 0 Å². The van der Waals surface area contributed by atoms with Gasteiger partial charge in [0, 0.05) is 17.8 Å². The zero-order chi connectivity index (χ0) is 13.1. The third kappa shape index (κ3) is 2.62. The molecule has 4 nitrogen and oxygen atoms in total. The van der Waals surface area contributed by atoms with Gasteiger partial charge in [-0.1, -0.05) is 18.5 Å². The van der Waals surface area contributed by atoms with Crippen LogP contribution in [0.5, 0.6) is 5.88 Å². The van der Waals surface area contributed by atoms with E-state index in [0.717, 1.165) is 22.2 Å². The van der Waals surface area contributed by atoms with Crippen molar-refractivity contribution in [3.63, 3.8) is 0 Å². The molecule has 0 bridgehead atoms. The molecule has 94 valence electrons. The van der Waals surface area contributed by atoms with Crippen molar-refractivity contribution in [3.05, 3.63) is 33.6 Å². The van der Waals surface area contributed by atoms with Crippen molar-refractivity contribution in [3.8, 4) is 17.3 Å². The van der Waals surface area contributed by atoms with Gasteiger partial charge in [0.05, 0.1) is 17.3 Å². The van der Waals surface area contributed by atoms with Gasteiger partial charge >= 0.3 is 0 Å². The number of nitrogens with zero attached hydrogens (tertiary/aromatic N) is 3. The predicted molar refractivity (Wildman–Crippen MR) is 73.9 cm³/mol. The summed E-state index contributed by atoms with van der Waals surface area (Å²) in [6.45, 7) is 2.01. The molecule has 0 radical (unpaired) electrons. The maximum absolute atomic E-state index is 6.06. The Labute approximate surface area is 119 Å². The third-order valence-corrected chi connectivity index (χ3v) is 3.75. The highest BCUT2D eigenvalue weighted by molar-refractivity contribution is 9.10. The first-order valence-corrected chi connectivity index (χ1v) is 6.55. The van der Waals surface area contributed by atoms with Crippen molar-refractivity contribution < 1.29 is 4.74 Å². The number of halogens is 2. The van der Waals surface area contributed by atoms with Crippen LogP contribution in [0.4, 0.5) is 0 Å². The first kappa shape index (κ1) is 13.2. The SMILES string of the molecule is CCc1nc(-c2ccc(OC)nc2)nc(Cl)c1Br. The lowest BCUT2D eigenvalue weighted by atomic mass is 10.2. The number of hydrogen-bond donors (Lipinski definition) is 0. The van der Waals surface area contributed by atoms with Crippen molar-refractivity contribution in [2.45, 2.75) is 13.3 Å². The molecule has 2 aromatic rings. The highest BCUT2D eigenvalue weighted by Gasteiger charge is 2.11. The van der Waals surface area contributed by atoms with Crippen LogP contribution in [0, 0.1) is 0 Å². The van der Waals surface area contributed by atoms with Crippen LogP contribution >= 0.6 is 27.5 Å². The van der Waals surface area contributed by atoms with Gasteiger partial charge in [0.15, 0.2) is 5.82 Å². The van der Waals surface area contributed by atoms with E-state index in [1.807, 2.05) is 13.0 Å². The van der Waals surface area contributed by atoms with Crippen LogP contribution in [0.3, 0.4) is 0 Å². The van der Waals surface area contributed by atoms with E-state index >= 15 is 0 Å². The Balaban J connectivity index is 2.46. The maximum Gasteiger partial charge on any atom is 0.212 e. The second-order valence-corrected chi connectivity index (χ2v) is 4.69. The van der Waals surface area contributed by atoms with Gasteiger partial charge < -0.3 is 4.74 Å². The second-order valence-electron chi connectivity index (χ2n) is 3.54. The summed E-state index contributed by atoms with van der Waals surface area (Å²) in [5.74, 6) is 1.12. The molecule has 0 unspecified atom stereocenters. The number of aromatic nitrogens is 3. The van der Waals surface area contributed by atoms with E-state index in [4.69, 9.17) is 16.3 Å². The Morgan fingerprint density at radius 3 is 2.67 bits per heavy atom. The summed E-state index contributed by atoms with van der Waals surface area (Å²) in [6.07, 6.45) is 2.44. The van der Waals surface area contributed by atoms with Crippen LogP contribution in [-0.2, 0) is 6.42 Å². The van der Waals surface area contributed by atoms with Crippen LogP contribution < -0.4 is 4.74 Å². The minimum Gasteiger partial charge on any atom is -0.481 e. The molecule has 0 aliphatic heterocycles. The zero-order valence-corrected chi connectivity index (χ0v) is 12.3. The Morgan fingerprint density at radius 2 is 2.11 bits per heavy atom. The molecule has 0 saturated heterocycles. The Hall–Kier alpha value is -1.20. The van der Waals surface area contributed by atoms with Crippen molar-refractivity contribution in [1.29, 1.82) is 0 Å². The van der Waals surface area contributed by atoms with Gasteiger partial charge in [0.25, 0.3) is 0 Å². The molecule has 0 amide bonds. The molecule has 0 fully saturated rings. The van der Waals surface area contributed by atoms with E-state index in [1.54, 1.807) is 19.4 Å². The van der Waals surface area contributed by atoms with E-state index in [1.165, 1.54) is 0 Å². The lowest BCUT2D eigenvalue weighted by molar-refractivity contribution is 0.398. The van der Waals surface area contributed by atoms with Crippen molar-refractivity contribution in [2.24, 2.45) is 0 Å². The van der Waals surface area contributed by atoms with E-state index < -0.39 is 0 Å². The van der Waals surface area contributed by atoms with Gasteiger partial charge in [-0.3, -0.25) is 0 Å². The van der Waals surface area contributed by atoms with Crippen LogP contribution in [0.1, 0.15) is 12.6 Å². The molecule has 0 N–H and O–H groups in total. The monoisotopic (exact) mass is 327 g/mol. The standard InChI is InChI=1S/C12H11BrClN3O/c1-3-8-10(13)11(14)17-12(16-8)7-4-5-9(18-2)15-6-7/h4-6H,3H2,1-2H3.